The fourth-order valence-corrected chi connectivity index (χ4v) is 4.42. The fourth-order valence-electron chi connectivity index (χ4n) is 2.64. The molecule has 1 atom stereocenters. The predicted molar refractivity (Wildman–Crippen MR) is 75.4 cm³/mol. The molecule has 1 aromatic rings. The van der Waals surface area contributed by atoms with Crippen molar-refractivity contribution in [3.05, 3.63) is 18.2 Å². The van der Waals surface area contributed by atoms with Crippen molar-refractivity contribution in [2.24, 2.45) is 5.73 Å². The van der Waals surface area contributed by atoms with E-state index in [0.29, 0.717) is 25.3 Å². The predicted octanol–water partition coefficient (Wildman–Crippen LogP) is -0.556. The molecule has 3 N–H and O–H groups in total. The van der Waals surface area contributed by atoms with Crippen LogP contribution in [0.5, 0.6) is 0 Å². The first-order valence-corrected chi connectivity index (χ1v) is 8.30. The van der Waals surface area contributed by atoms with Crippen LogP contribution in [0, 0.1) is 0 Å². The number of nitrogens with two attached hydrogens (primary N) is 1. The molecule has 114 valence electrons. The van der Waals surface area contributed by atoms with E-state index in [1.807, 2.05) is 4.90 Å². The lowest BCUT2D eigenvalue weighted by molar-refractivity contribution is -0.118. The summed E-state index contributed by atoms with van der Waals surface area (Å²) in [4.78, 5) is 17.5. The molecular formula is C13H17N3O4S. The van der Waals surface area contributed by atoms with Gasteiger partial charge >= 0.3 is 0 Å². The number of carbonyl (C=O) groups is 1. The van der Waals surface area contributed by atoms with Gasteiger partial charge in [0.15, 0.2) is 9.77 Å². The Labute approximate surface area is 122 Å². The molecule has 2 aliphatic rings. The van der Waals surface area contributed by atoms with Crippen molar-refractivity contribution in [2.75, 3.05) is 18.0 Å². The average Bonchev–Trinajstić information content (AvgIpc) is 3.17. The third-order valence-electron chi connectivity index (χ3n) is 4.14. The number of primary amides is 1. The standard InChI is InChI=1S/C13H17N3O4S/c14-12(18)13(5-6-13)21(19,20)11-3-1-2-10(15-11)16-7-4-9(17)8-16/h1-3,9,17H,4-8H2,(H2,14,18). The summed E-state index contributed by atoms with van der Waals surface area (Å²) in [7, 11) is -3.87. The van der Waals surface area contributed by atoms with Gasteiger partial charge in [-0.3, -0.25) is 4.79 Å². The van der Waals surface area contributed by atoms with E-state index in [2.05, 4.69) is 4.98 Å². The Hall–Kier alpha value is -1.67. The summed E-state index contributed by atoms with van der Waals surface area (Å²) >= 11 is 0. The van der Waals surface area contributed by atoms with Crippen LogP contribution in [-0.4, -0.2) is 48.4 Å². The van der Waals surface area contributed by atoms with E-state index < -0.39 is 26.6 Å². The first-order chi connectivity index (χ1) is 9.87. The summed E-state index contributed by atoms with van der Waals surface area (Å²) in [6.07, 6.45) is 0.703. The summed E-state index contributed by atoms with van der Waals surface area (Å²) < 4.78 is 23.6. The van der Waals surface area contributed by atoms with Crippen LogP contribution in [-0.2, 0) is 14.6 Å². The van der Waals surface area contributed by atoms with Crippen molar-refractivity contribution < 1.29 is 18.3 Å². The van der Waals surface area contributed by atoms with Crippen molar-refractivity contribution in [2.45, 2.75) is 35.1 Å². The monoisotopic (exact) mass is 311 g/mol. The summed E-state index contributed by atoms with van der Waals surface area (Å²) in [6, 6.07) is 4.67. The van der Waals surface area contributed by atoms with Crippen LogP contribution < -0.4 is 10.6 Å². The van der Waals surface area contributed by atoms with Gasteiger partial charge in [-0.1, -0.05) is 6.07 Å². The molecule has 21 heavy (non-hydrogen) atoms. The second kappa shape index (κ2) is 4.67. The number of amides is 1. The lowest BCUT2D eigenvalue weighted by Crippen LogP contribution is -2.38. The smallest absolute Gasteiger partial charge is 0.239 e. The van der Waals surface area contributed by atoms with Crippen molar-refractivity contribution in [3.8, 4) is 0 Å². The molecule has 1 saturated carbocycles. The molecule has 2 heterocycles. The number of rotatable bonds is 4. The van der Waals surface area contributed by atoms with Gasteiger partial charge in [0.2, 0.25) is 15.7 Å². The molecule has 0 radical (unpaired) electrons. The number of carbonyl (C=O) groups excluding carboxylic acids is 1. The second-order valence-corrected chi connectivity index (χ2v) is 7.79. The molecule has 3 rings (SSSR count). The summed E-state index contributed by atoms with van der Waals surface area (Å²) in [5.41, 5.74) is 5.25. The van der Waals surface area contributed by atoms with Gasteiger partial charge in [-0.2, -0.15) is 0 Å². The quantitative estimate of drug-likeness (QED) is 0.771. The van der Waals surface area contributed by atoms with Crippen molar-refractivity contribution >= 4 is 21.6 Å². The Kier molecular flexibility index (Phi) is 3.18. The van der Waals surface area contributed by atoms with Crippen LogP contribution in [0.4, 0.5) is 5.82 Å². The Morgan fingerprint density at radius 2 is 2.14 bits per heavy atom. The van der Waals surface area contributed by atoms with Crippen molar-refractivity contribution in [1.29, 1.82) is 0 Å². The average molecular weight is 311 g/mol. The van der Waals surface area contributed by atoms with Crippen LogP contribution in [0.15, 0.2) is 23.2 Å². The molecule has 8 heteroatoms. The number of hydrogen-bond donors (Lipinski definition) is 2. The molecular weight excluding hydrogens is 294 g/mol. The highest BCUT2D eigenvalue weighted by molar-refractivity contribution is 7.93. The highest BCUT2D eigenvalue weighted by Gasteiger charge is 2.60. The molecule has 1 aliphatic heterocycles. The summed E-state index contributed by atoms with van der Waals surface area (Å²) in [6.45, 7) is 1.05. The van der Waals surface area contributed by atoms with Gasteiger partial charge in [0.25, 0.3) is 0 Å². The molecule has 0 spiro atoms. The lowest BCUT2D eigenvalue weighted by Gasteiger charge is -2.18. The fraction of sp³-hybridized carbons (Fsp3) is 0.538. The molecule has 1 saturated heterocycles. The number of β-amino-alcohol motifs (C(OH)–C–C–N with tert-alkyl or cyclic N) is 1. The third-order valence-corrected chi connectivity index (χ3v) is 6.56. The van der Waals surface area contributed by atoms with E-state index in [9.17, 15) is 18.3 Å². The van der Waals surface area contributed by atoms with E-state index in [1.54, 1.807) is 12.1 Å². The van der Waals surface area contributed by atoms with E-state index >= 15 is 0 Å². The minimum Gasteiger partial charge on any atom is -0.391 e. The maximum absolute atomic E-state index is 12.6. The van der Waals surface area contributed by atoms with Crippen LogP contribution in [0.3, 0.4) is 0 Å². The largest absolute Gasteiger partial charge is 0.391 e. The minimum atomic E-state index is -3.87. The number of aliphatic hydroxyl groups is 1. The molecule has 0 bridgehead atoms. The normalized spacial score (nSPS) is 24.0. The molecule has 1 unspecified atom stereocenters. The van der Waals surface area contributed by atoms with E-state index in [1.165, 1.54) is 6.07 Å². The number of aromatic nitrogens is 1. The van der Waals surface area contributed by atoms with Crippen LogP contribution in [0.25, 0.3) is 0 Å². The first-order valence-electron chi connectivity index (χ1n) is 6.81. The minimum absolute atomic E-state index is 0.127. The number of hydrogen-bond acceptors (Lipinski definition) is 6. The zero-order chi connectivity index (χ0) is 15.3. The van der Waals surface area contributed by atoms with Gasteiger partial charge in [-0.15, -0.1) is 0 Å². The number of nitrogens with zero attached hydrogens (tertiary/aromatic N) is 2. The summed E-state index contributed by atoms with van der Waals surface area (Å²) in [5.74, 6) is -0.320. The molecule has 1 aliphatic carbocycles. The first kappa shape index (κ1) is 14.3. The number of pyridine rings is 1. The number of sulfone groups is 1. The highest BCUT2D eigenvalue weighted by Crippen LogP contribution is 2.46. The van der Waals surface area contributed by atoms with Crippen LogP contribution in [0.2, 0.25) is 0 Å². The number of aliphatic hydroxyl groups excluding tert-OH is 1. The van der Waals surface area contributed by atoms with Crippen molar-refractivity contribution in [1.82, 2.24) is 4.98 Å². The topological polar surface area (TPSA) is 114 Å². The SMILES string of the molecule is NC(=O)C1(S(=O)(=O)c2cccc(N3CCC(O)C3)n2)CC1. The van der Waals surface area contributed by atoms with Gasteiger partial charge in [0.05, 0.1) is 6.10 Å². The number of anilines is 1. The van der Waals surface area contributed by atoms with Gasteiger partial charge in [-0.25, -0.2) is 13.4 Å². The van der Waals surface area contributed by atoms with Gasteiger partial charge < -0.3 is 15.7 Å². The van der Waals surface area contributed by atoms with E-state index in [0.717, 1.165) is 0 Å². The van der Waals surface area contributed by atoms with Gasteiger partial charge in [0.1, 0.15) is 5.82 Å². The molecule has 7 nitrogen and oxygen atoms in total. The molecule has 1 amide bonds. The molecule has 0 aromatic carbocycles. The van der Waals surface area contributed by atoms with Crippen LogP contribution >= 0.6 is 0 Å². The zero-order valence-corrected chi connectivity index (χ0v) is 12.2. The van der Waals surface area contributed by atoms with Gasteiger partial charge in [0, 0.05) is 13.1 Å². The maximum atomic E-state index is 12.6. The molecule has 2 fully saturated rings. The van der Waals surface area contributed by atoms with Gasteiger partial charge in [-0.05, 0) is 31.4 Å². The Morgan fingerprint density at radius 3 is 2.67 bits per heavy atom. The Balaban J connectivity index is 1.95. The highest BCUT2D eigenvalue weighted by atomic mass is 32.2. The van der Waals surface area contributed by atoms with E-state index in [4.69, 9.17) is 5.73 Å². The second-order valence-electron chi connectivity index (χ2n) is 5.58. The maximum Gasteiger partial charge on any atom is 0.239 e. The van der Waals surface area contributed by atoms with E-state index in [-0.39, 0.29) is 17.9 Å². The van der Waals surface area contributed by atoms with Crippen molar-refractivity contribution in [3.63, 3.8) is 0 Å². The third kappa shape index (κ3) is 2.18. The lowest BCUT2D eigenvalue weighted by atomic mass is 10.3. The summed E-state index contributed by atoms with van der Waals surface area (Å²) in [5, 5.41) is 9.43. The molecule has 1 aromatic heterocycles. The Morgan fingerprint density at radius 1 is 1.43 bits per heavy atom. The van der Waals surface area contributed by atoms with Crippen LogP contribution in [0.1, 0.15) is 19.3 Å². The zero-order valence-electron chi connectivity index (χ0n) is 11.4. The Bertz CT molecular complexity index is 684.